The number of amides is 2. The van der Waals surface area contributed by atoms with Crippen LogP contribution in [0.3, 0.4) is 0 Å². The molecule has 0 aromatic heterocycles. The Morgan fingerprint density at radius 2 is 1.76 bits per heavy atom. The molecule has 0 saturated carbocycles. The second kappa shape index (κ2) is 6.09. The van der Waals surface area contributed by atoms with Crippen LogP contribution in [0.25, 0.3) is 0 Å². The molecule has 21 heavy (non-hydrogen) atoms. The fourth-order valence-electron chi connectivity index (χ4n) is 1.94. The van der Waals surface area contributed by atoms with E-state index in [1.165, 1.54) is 24.3 Å². The summed E-state index contributed by atoms with van der Waals surface area (Å²) in [6.07, 6.45) is 0. The Morgan fingerprint density at radius 1 is 1.10 bits per heavy atom. The summed E-state index contributed by atoms with van der Waals surface area (Å²) in [6.45, 7) is 1.82. The maximum absolute atomic E-state index is 12.1. The van der Waals surface area contributed by atoms with Crippen molar-refractivity contribution in [2.45, 2.75) is 13.0 Å². The van der Waals surface area contributed by atoms with Gasteiger partial charge in [-0.15, -0.1) is 0 Å². The molecule has 5 heteroatoms. The van der Waals surface area contributed by atoms with Gasteiger partial charge in [-0.1, -0.05) is 12.1 Å². The topological polar surface area (TPSA) is 92.4 Å². The van der Waals surface area contributed by atoms with E-state index < -0.39 is 5.91 Å². The van der Waals surface area contributed by atoms with Crippen molar-refractivity contribution in [1.29, 1.82) is 0 Å². The molecule has 108 valence electrons. The summed E-state index contributed by atoms with van der Waals surface area (Å²) in [5.74, 6) is -0.658. The molecule has 2 aromatic rings. The van der Waals surface area contributed by atoms with E-state index >= 15 is 0 Å². The highest BCUT2D eigenvalue weighted by atomic mass is 16.3. The van der Waals surface area contributed by atoms with Crippen molar-refractivity contribution in [3.05, 3.63) is 65.2 Å². The molecule has 0 aliphatic carbocycles. The number of primary amides is 1. The molecule has 0 aliphatic rings. The Morgan fingerprint density at radius 3 is 2.38 bits per heavy atom. The lowest BCUT2D eigenvalue weighted by molar-refractivity contribution is 0.0939. The van der Waals surface area contributed by atoms with Crippen molar-refractivity contribution in [3.8, 4) is 5.75 Å². The van der Waals surface area contributed by atoms with E-state index in [1.807, 2.05) is 13.0 Å². The van der Waals surface area contributed by atoms with Gasteiger partial charge in [-0.3, -0.25) is 9.59 Å². The van der Waals surface area contributed by atoms with Gasteiger partial charge in [0.05, 0.1) is 6.04 Å². The van der Waals surface area contributed by atoms with Crippen LogP contribution < -0.4 is 11.1 Å². The van der Waals surface area contributed by atoms with Gasteiger partial charge in [0.25, 0.3) is 5.91 Å². The van der Waals surface area contributed by atoms with Crippen molar-refractivity contribution in [1.82, 2.24) is 5.32 Å². The smallest absolute Gasteiger partial charge is 0.251 e. The third-order valence-corrected chi connectivity index (χ3v) is 3.15. The summed E-state index contributed by atoms with van der Waals surface area (Å²) in [4.78, 5) is 23.2. The molecule has 0 bridgehead atoms. The van der Waals surface area contributed by atoms with Gasteiger partial charge in [-0.05, 0) is 48.9 Å². The van der Waals surface area contributed by atoms with Gasteiger partial charge in [0, 0.05) is 11.1 Å². The van der Waals surface area contributed by atoms with Crippen LogP contribution >= 0.6 is 0 Å². The first-order valence-electron chi connectivity index (χ1n) is 6.47. The molecule has 0 aliphatic heterocycles. The fraction of sp³-hybridized carbons (Fsp3) is 0.125. The third kappa shape index (κ3) is 3.60. The zero-order chi connectivity index (χ0) is 15.4. The Balaban J connectivity index is 2.12. The van der Waals surface area contributed by atoms with E-state index in [1.54, 1.807) is 18.2 Å². The number of hydrogen-bond donors (Lipinski definition) is 3. The van der Waals surface area contributed by atoms with Crippen LogP contribution in [0, 0.1) is 0 Å². The molecule has 1 atom stereocenters. The summed E-state index contributed by atoms with van der Waals surface area (Å²) < 4.78 is 0. The van der Waals surface area contributed by atoms with E-state index in [0.717, 1.165) is 5.56 Å². The zero-order valence-corrected chi connectivity index (χ0v) is 11.5. The Labute approximate surface area is 122 Å². The molecule has 0 fully saturated rings. The van der Waals surface area contributed by atoms with Crippen molar-refractivity contribution in [3.63, 3.8) is 0 Å². The number of benzene rings is 2. The van der Waals surface area contributed by atoms with Crippen molar-refractivity contribution in [2.75, 3.05) is 0 Å². The number of nitrogens with one attached hydrogen (secondary N) is 1. The quantitative estimate of drug-likeness (QED) is 0.801. The first-order chi connectivity index (χ1) is 9.97. The van der Waals surface area contributed by atoms with Gasteiger partial charge >= 0.3 is 0 Å². The molecule has 2 amide bonds. The van der Waals surface area contributed by atoms with Crippen LogP contribution in [-0.4, -0.2) is 16.9 Å². The monoisotopic (exact) mass is 284 g/mol. The van der Waals surface area contributed by atoms with Crippen molar-refractivity contribution in [2.24, 2.45) is 5.73 Å². The van der Waals surface area contributed by atoms with E-state index in [2.05, 4.69) is 5.32 Å². The minimum absolute atomic E-state index is 0.105. The van der Waals surface area contributed by atoms with Crippen LogP contribution in [0.5, 0.6) is 5.75 Å². The van der Waals surface area contributed by atoms with Crippen LogP contribution in [-0.2, 0) is 0 Å². The van der Waals surface area contributed by atoms with Gasteiger partial charge in [0.1, 0.15) is 5.75 Å². The van der Waals surface area contributed by atoms with Gasteiger partial charge in [0.15, 0.2) is 0 Å². The molecule has 0 saturated heterocycles. The van der Waals surface area contributed by atoms with Crippen LogP contribution in [0.1, 0.15) is 39.2 Å². The lowest BCUT2D eigenvalue weighted by Crippen LogP contribution is -2.26. The van der Waals surface area contributed by atoms with Gasteiger partial charge < -0.3 is 16.2 Å². The van der Waals surface area contributed by atoms with Crippen molar-refractivity contribution < 1.29 is 14.7 Å². The fourth-order valence-corrected chi connectivity index (χ4v) is 1.94. The number of phenolic OH excluding ortho intramolecular Hbond substituents is 1. The van der Waals surface area contributed by atoms with E-state index in [-0.39, 0.29) is 17.7 Å². The van der Waals surface area contributed by atoms with E-state index in [4.69, 9.17) is 5.73 Å². The number of aromatic hydroxyl groups is 1. The summed E-state index contributed by atoms with van der Waals surface area (Å²) in [6, 6.07) is 12.5. The predicted octanol–water partition coefficient (Wildman–Crippen LogP) is 1.98. The normalized spacial score (nSPS) is 11.7. The minimum Gasteiger partial charge on any atom is -0.508 e. The first-order valence-corrected chi connectivity index (χ1v) is 6.47. The largest absolute Gasteiger partial charge is 0.508 e. The summed E-state index contributed by atoms with van der Waals surface area (Å²) in [5.41, 5.74) is 6.88. The number of carbonyl (C=O) groups excluding carboxylic acids is 2. The highest BCUT2D eigenvalue weighted by molar-refractivity contribution is 5.95. The molecule has 0 heterocycles. The zero-order valence-electron chi connectivity index (χ0n) is 11.5. The molecule has 2 rings (SSSR count). The second-order valence-corrected chi connectivity index (χ2v) is 4.73. The lowest BCUT2D eigenvalue weighted by Gasteiger charge is -2.15. The third-order valence-electron chi connectivity index (χ3n) is 3.15. The Hall–Kier alpha value is -2.82. The lowest BCUT2D eigenvalue weighted by atomic mass is 10.0. The average molecular weight is 284 g/mol. The maximum Gasteiger partial charge on any atom is 0.251 e. The molecular formula is C16H16N2O3. The maximum atomic E-state index is 12.1. The minimum atomic E-state index is -0.506. The summed E-state index contributed by atoms with van der Waals surface area (Å²) in [5, 5.41) is 12.0. The van der Waals surface area contributed by atoms with Crippen LogP contribution in [0.4, 0.5) is 0 Å². The molecule has 5 nitrogen and oxygen atoms in total. The molecule has 1 unspecified atom stereocenters. The highest BCUT2D eigenvalue weighted by Crippen LogP contribution is 2.16. The number of carbonyl (C=O) groups is 2. The molecule has 4 N–H and O–H groups in total. The van der Waals surface area contributed by atoms with Gasteiger partial charge in [0.2, 0.25) is 5.91 Å². The molecular weight excluding hydrogens is 268 g/mol. The van der Waals surface area contributed by atoms with Gasteiger partial charge in [-0.25, -0.2) is 0 Å². The second-order valence-electron chi connectivity index (χ2n) is 4.73. The number of rotatable bonds is 4. The molecule has 0 spiro atoms. The van der Waals surface area contributed by atoms with E-state index in [9.17, 15) is 14.7 Å². The number of phenols is 1. The van der Waals surface area contributed by atoms with Crippen LogP contribution in [0.2, 0.25) is 0 Å². The number of nitrogens with two attached hydrogens (primary N) is 1. The highest BCUT2D eigenvalue weighted by Gasteiger charge is 2.12. The van der Waals surface area contributed by atoms with Crippen LogP contribution in [0.15, 0.2) is 48.5 Å². The summed E-state index contributed by atoms with van der Waals surface area (Å²) >= 11 is 0. The number of hydrogen-bond acceptors (Lipinski definition) is 3. The first kappa shape index (κ1) is 14.6. The SMILES string of the molecule is CC(NC(=O)c1ccc(O)cc1)c1cccc(C(N)=O)c1. The Kier molecular flexibility index (Phi) is 4.23. The standard InChI is InChI=1S/C16H16N2O3/c1-10(12-3-2-4-13(9-12)15(17)20)18-16(21)11-5-7-14(19)8-6-11/h2-10,19H,1H3,(H2,17,20)(H,18,21). The summed E-state index contributed by atoms with van der Waals surface area (Å²) in [7, 11) is 0. The molecule has 2 aromatic carbocycles. The predicted molar refractivity (Wildman–Crippen MR) is 78.9 cm³/mol. The molecule has 0 radical (unpaired) electrons. The van der Waals surface area contributed by atoms with Crippen molar-refractivity contribution >= 4 is 11.8 Å². The van der Waals surface area contributed by atoms with E-state index in [0.29, 0.717) is 11.1 Å². The average Bonchev–Trinajstić information content (AvgIpc) is 2.48. The Bertz CT molecular complexity index is 665. The van der Waals surface area contributed by atoms with Gasteiger partial charge in [-0.2, -0.15) is 0 Å².